The second kappa shape index (κ2) is 7.45. The van der Waals surface area contributed by atoms with Gasteiger partial charge in [0.05, 0.1) is 12.1 Å². The molecule has 5 heteroatoms. The van der Waals surface area contributed by atoms with Crippen molar-refractivity contribution in [3.05, 3.63) is 59.1 Å². The summed E-state index contributed by atoms with van der Waals surface area (Å²) in [5.41, 5.74) is 2.88. The molecule has 1 amide bonds. The van der Waals surface area contributed by atoms with Crippen molar-refractivity contribution in [1.82, 2.24) is 4.98 Å². The van der Waals surface area contributed by atoms with E-state index < -0.39 is 0 Å². The van der Waals surface area contributed by atoms with Crippen molar-refractivity contribution in [3.8, 4) is 5.75 Å². The van der Waals surface area contributed by atoms with Crippen molar-refractivity contribution in [2.45, 2.75) is 26.2 Å². The molecule has 4 nitrogen and oxygen atoms in total. The van der Waals surface area contributed by atoms with Crippen molar-refractivity contribution in [1.29, 1.82) is 0 Å². The summed E-state index contributed by atoms with van der Waals surface area (Å²) >= 11 is 1.43. The fourth-order valence-electron chi connectivity index (χ4n) is 2.58. The van der Waals surface area contributed by atoms with Crippen LogP contribution in [-0.4, -0.2) is 16.0 Å². The molecule has 1 aromatic heterocycles. The molecular formula is C19H20N2O2S. The number of anilines is 1. The number of aromatic hydroxyl groups is 1. The highest BCUT2D eigenvalue weighted by Crippen LogP contribution is 2.28. The molecule has 1 heterocycles. The minimum Gasteiger partial charge on any atom is -0.508 e. The summed E-state index contributed by atoms with van der Waals surface area (Å²) in [6, 6.07) is 6.64. The minimum atomic E-state index is -0.110. The Bertz CT molecular complexity index is 775. The molecule has 24 heavy (non-hydrogen) atoms. The summed E-state index contributed by atoms with van der Waals surface area (Å²) in [4.78, 5) is 16.6. The van der Waals surface area contributed by atoms with Crippen LogP contribution in [0.3, 0.4) is 0 Å². The first-order valence-electron chi connectivity index (χ1n) is 8.06. The lowest BCUT2D eigenvalue weighted by molar-refractivity contribution is -0.115. The first-order valence-corrected chi connectivity index (χ1v) is 8.94. The van der Waals surface area contributed by atoms with Crippen molar-refractivity contribution >= 4 is 27.9 Å². The molecule has 0 spiro atoms. The van der Waals surface area contributed by atoms with Gasteiger partial charge in [0.2, 0.25) is 5.91 Å². The van der Waals surface area contributed by atoms with E-state index in [4.69, 9.17) is 0 Å². The molecule has 0 saturated carbocycles. The fraction of sp³-hybridized carbons (Fsp3) is 0.263. The van der Waals surface area contributed by atoms with Gasteiger partial charge < -0.3 is 10.4 Å². The van der Waals surface area contributed by atoms with Crippen LogP contribution in [0.2, 0.25) is 0 Å². The monoisotopic (exact) mass is 340 g/mol. The Morgan fingerprint density at radius 1 is 1.38 bits per heavy atom. The molecule has 1 aromatic carbocycles. The van der Waals surface area contributed by atoms with E-state index in [0.29, 0.717) is 11.0 Å². The van der Waals surface area contributed by atoms with Crippen LogP contribution >= 0.6 is 11.3 Å². The predicted molar refractivity (Wildman–Crippen MR) is 98.1 cm³/mol. The van der Waals surface area contributed by atoms with Crippen LogP contribution in [-0.2, 0) is 11.2 Å². The Balaban J connectivity index is 1.60. The number of carbonyl (C=O) groups excluding carboxylic acids is 1. The topological polar surface area (TPSA) is 62.2 Å². The standard InChI is InChI=1S/C19H20N2O2S/c1-2-13-3-7-15(8-4-13)17-12-24-19(20-17)21-18(23)11-14-5-9-16(22)10-6-14/h3,5-10,12-13,22H,2,4,11H2,1H3,(H,20,21,23). The van der Waals surface area contributed by atoms with Crippen LogP contribution in [0.25, 0.3) is 5.57 Å². The number of amides is 1. The lowest BCUT2D eigenvalue weighted by atomic mass is 9.94. The van der Waals surface area contributed by atoms with Crippen LogP contribution in [0.15, 0.2) is 47.9 Å². The molecule has 0 saturated heterocycles. The van der Waals surface area contributed by atoms with Crippen LogP contribution in [0.4, 0.5) is 5.13 Å². The summed E-state index contributed by atoms with van der Waals surface area (Å²) in [5, 5.41) is 14.7. The molecule has 1 aliphatic carbocycles. The molecule has 1 unspecified atom stereocenters. The number of phenolic OH excluding ortho intramolecular Hbond substituents is 1. The van der Waals surface area contributed by atoms with Gasteiger partial charge in [-0.05, 0) is 42.0 Å². The van der Waals surface area contributed by atoms with Gasteiger partial charge in [-0.15, -0.1) is 11.3 Å². The Kier molecular flexibility index (Phi) is 5.11. The second-order valence-corrected chi connectivity index (χ2v) is 6.71. The molecule has 0 aliphatic heterocycles. The summed E-state index contributed by atoms with van der Waals surface area (Å²) in [6.07, 6.45) is 9.02. The summed E-state index contributed by atoms with van der Waals surface area (Å²) < 4.78 is 0. The van der Waals surface area contributed by atoms with Crippen LogP contribution in [0.1, 0.15) is 31.0 Å². The van der Waals surface area contributed by atoms with Crippen molar-refractivity contribution in [2.24, 2.45) is 5.92 Å². The number of phenols is 1. The van der Waals surface area contributed by atoms with Gasteiger partial charge in [-0.3, -0.25) is 4.79 Å². The smallest absolute Gasteiger partial charge is 0.230 e. The molecule has 1 aliphatic rings. The zero-order valence-corrected chi connectivity index (χ0v) is 14.3. The van der Waals surface area contributed by atoms with Gasteiger partial charge in [-0.25, -0.2) is 4.98 Å². The summed E-state index contributed by atoms with van der Waals surface area (Å²) in [5.74, 6) is 0.709. The highest BCUT2D eigenvalue weighted by molar-refractivity contribution is 7.14. The minimum absolute atomic E-state index is 0.110. The Labute approximate surface area is 145 Å². The van der Waals surface area contributed by atoms with Gasteiger partial charge >= 0.3 is 0 Å². The van der Waals surface area contributed by atoms with Crippen LogP contribution < -0.4 is 5.32 Å². The van der Waals surface area contributed by atoms with Crippen LogP contribution in [0, 0.1) is 5.92 Å². The third-order valence-corrected chi connectivity index (χ3v) is 4.82. The Hall–Kier alpha value is -2.40. The molecule has 124 valence electrons. The first-order chi connectivity index (χ1) is 11.6. The number of hydrogen-bond donors (Lipinski definition) is 2. The van der Waals surface area contributed by atoms with E-state index in [1.165, 1.54) is 11.3 Å². The van der Waals surface area contributed by atoms with Gasteiger partial charge in [-0.1, -0.05) is 37.3 Å². The number of nitrogens with one attached hydrogen (secondary N) is 1. The fourth-order valence-corrected chi connectivity index (χ4v) is 3.32. The van der Waals surface area contributed by atoms with Gasteiger partial charge in [0.1, 0.15) is 5.75 Å². The number of allylic oxidation sites excluding steroid dienone is 4. The largest absolute Gasteiger partial charge is 0.508 e. The number of hydrogen-bond acceptors (Lipinski definition) is 4. The SMILES string of the molecule is CCC1C=CC(c2csc(NC(=O)Cc3ccc(O)cc3)n2)=CC1. The predicted octanol–water partition coefficient (Wildman–Crippen LogP) is 4.40. The number of thiazole rings is 1. The van der Waals surface area contributed by atoms with Gasteiger partial charge in [-0.2, -0.15) is 0 Å². The van der Waals surface area contributed by atoms with Gasteiger partial charge in [0.25, 0.3) is 0 Å². The zero-order chi connectivity index (χ0) is 16.9. The van der Waals surface area contributed by atoms with Crippen molar-refractivity contribution in [2.75, 3.05) is 5.32 Å². The molecular weight excluding hydrogens is 320 g/mol. The third kappa shape index (κ3) is 4.11. The van der Waals surface area contributed by atoms with Gasteiger partial charge in [0.15, 0.2) is 5.13 Å². The highest BCUT2D eigenvalue weighted by Gasteiger charge is 2.12. The number of rotatable bonds is 5. The van der Waals surface area contributed by atoms with E-state index in [0.717, 1.165) is 29.7 Å². The summed E-state index contributed by atoms with van der Waals surface area (Å²) in [7, 11) is 0. The number of aromatic nitrogens is 1. The van der Waals surface area contributed by atoms with Crippen molar-refractivity contribution < 1.29 is 9.90 Å². The van der Waals surface area contributed by atoms with E-state index >= 15 is 0 Å². The van der Waals surface area contributed by atoms with Gasteiger partial charge in [0, 0.05) is 5.38 Å². The maximum atomic E-state index is 12.1. The Morgan fingerprint density at radius 2 is 2.17 bits per heavy atom. The lowest BCUT2D eigenvalue weighted by Gasteiger charge is -2.12. The van der Waals surface area contributed by atoms with Crippen LogP contribution in [0.5, 0.6) is 5.75 Å². The highest BCUT2D eigenvalue weighted by atomic mass is 32.1. The number of benzene rings is 1. The average molecular weight is 340 g/mol. The molecule has 0 fully saturated rings. The quantitative estimate of drug-likeness (QED) is 0.848. The van der Waals surface area contributed by atoms with E-state index in [1.54, 1.807) is 24.3 Å². The lowest BCUT2D eigenvalue weighted by Crippen LogP contribution is -2.14. The molecule has 2 N–H and O–H groups in total. The average Bonchev–Trinajstić information content (AvgIpc) is 3.05. The number of carbonyl (C=O) groups is 1. The van der Waals surface area contributed by atoms with E-state index in [2.05, 4.69) is 35.5 Å². The molecule has 0 bridgehead atoms. The summed E-state index contributed by atoms with van der Waals surface area (Å²) in [6.45, 7) is 2.19. The molecule has 1 atom stereocenters. The molecule has 2 aromatic rings. The zero-order valence-electron chi connectivity index (χ0n) is 13.5. The van der Waals surface area contributed by atoms with Crippen molar-refractivity contribution in [3.63, 3.8) is 0 Å². The molecule has 0 radical (unpaired) electrons. The second-order valence-electron chi connectivity index (χ2n) is 5.85. The first kappa shape index (κ1) is 16.5. The molecule has 3 rings (SSSR count). The van der Waals surface area contributed by atoms with E-state index in [-0.39, 0.29) is 18.1 Å². The maximum Gasteiger partial charge on any atom is 0.230 e. The number of nitrogens with zero attached hydrogens (tertiary/aromatic N) is 1. The normalized spacial score (nSPS) is 16.7. The van der Waals surface area contributed by atoms with E-state index in [9.17, 15) is 9.90 Å². The van der Waals surface area contributed by atoms with E-state index in [1.807, 2.05) is 5.38 Å². The third-order valence-electron chi connectivity index (χ3n) is 4.06. The Morgan fingerprint density at radius 3 is 2.83 bits per heavy atom. The maximum absolute atomic E-state index is 12.1.